The Bertz CT molecular complexity index is 1460. The van der Waals surface area contributed by atoms with E-state index in [2.05, 4.69) is 19.9 Å². The second kappa shape index (κ2) is 8.42. The molecule has 0 saturated carbocycles. The second-order valence-corrected chi connectivity index (χ2v) is 8.09. The summed E-state index contributed by atoms with van der Waals surface area (Å²) in [7, 11) is 0. The SMILES string of the molecule is CC(c1ncc2c(n1)-c1ccc(Cl)cc1C(c1c(F)cccc1F)=NC2)c1nc(C(=O)O)co1. The fourth-order valence-electron chi connectivity index (χ4n) is 3.78. The molecular weight excluding hydrogens is 466 g/mol. The molecule has 0 fully saturated rings. The van der Waals surface area contributed by atoms with E-state index in [0.717, 1.165) is 6.26 Å². The summed E-state index contributed by atoms with van der Waals surface area (Å²) in [5, 5.41) is 9.47. The Hall–Kier alpha value is -3.98. The Morgan fingerprint density at radius 3 is 2.62 bits per heavy atom. The summed E-state index contributed by atoms with van der Waals surface area (Å²) in [5.41, 5.74) is 1.82. The molecule has 0 bridgehead atoms. The first kappa shape index (κ1) is 21.8. The molecule has 2 aromatic heterocycles. The number of benzene rings is 2. The number of halogens is 3. The largest absolute Gasteiger partial charge is 0.476 e. The zero-order valence-corrected chi connectivity index (χ0v) is 18.3. The maximum absolute atomic E-state index is 14.7. The van der Waals surface area contributed by atoms with Gasteiger partial charge in [0.05, 0.1) is 29.4 Å². The van der Waals surface area contributed by atoms with Gasteiger partial charge >= 0.3 is 5.97 Å². The van der Waals surface area contributed by atoms with Crippen molar-refractivity contribution in [3.05, 3.63) is 99.6 Å². The Labute approximate surface area is 196 Å². The molecule has 1 atom stereocenters. The molecule has 1 aliphatic rings. The number of aliphatic imine (C=N–C) groups is 1. The highest BCUT2D eigenvalue weighted by molar-refractivity contribution is 6.31. The van der Waals surface area contributed by atoms with Crippen LogP contribution in [0.25, 0.3) is 11.3 Å². The number of nitrogens with zero attached hydrogens (tertiary/aromatic N) is 4. The molecule has 34 heavy (non-hydrogen) atoms. The van der Waals surface area contributed by atoms with Crippen LogP contribution >= 0.6 is 11.6 Å². The first-order valence-corrected chi connectivity index (χ1v) is 10.5. The molecule has 5 rings (SSSR count). The van der Waals surface area contributed by atoms with E-state index in [1.165, 1.54) is 18.2 Å². The molecule has 1 aliphatic heterocycles. The Kier molecular flexibility index (Phi) is 5.41. The lowest BCUT2D eigenvalue weighted by molar-refractivity contribution is 0.0690. The smallest absolute Gasteiger partial charge is 0.357 e. The van der Waals surface area contributed by atoms with Crippen molar-refractivity contribution >= 4 is 23.3 Å². The molecule has 170 valence electrons. The number of aromatic nitrogens is 3. The summed E-state index contributed by atoms with van der Waals surface area (Å²) in [4.78, 5) is 28.7. The predicted octanol–water partition coefficient (Wildman–Crippen LogP) is 5.26. The van der Waals surface area contributed by atoms with Crippen LogP contribution in [0.5, 0.6) is 0 Å². The summed E-state index contributed by atoms with van der Waals surface area (Å²) >= 11 is 6.24. The van der Waals surface area contributed by atoms with Crippen LogP contribution in [0, 0.1) is 11.6 Å². The van der Waals surface area contributed by atoms with Crippen LogP contribution in [-0.4, -0.2) is 31.7 Å². The molecule has 7 nitrogen and oxygen atoms in total. The molecular formula is C24H15ClF2N4O3. The van der Waals surface area contributed by atoms with Gasteiger partial charge in [0, 0.05) is 27.9 Å². The van der Waals surface area contributed by atoms with Crippen molar-refractivity contribution in [2.45, 2.75) is 19.4 Å². The number of hydrogen-bond donors (Lipinski definition) is 1. The van der Waals surface area contributed by atoms with Crippen molar-refractivity contribution in [1.29, 1.82) is 0 Å². The predicted molar refractivity (Wildman–Crippen MR) is 119 cm³/mol. The van der Waals surface area contributed by atoms with Crippen LogP contribution in [0.4, 0.5) is 8.78 Å². The third-order valence-corrected chi connectivity index (χ3v) is 5.72. The third kappa shape index (κ3) is 3.73. The van der Waals surface area contributed by atoms with Crippen molar-refractivity contribution in [2.24, 2.45) is 4.99 Å². The lowest BCUT2D eigenvalue weighted by Crippen LogP contribution is -2.10. The summed E-state index contributed by atoms with van der Waals surface area (Å²) in [6.07, 6.45) is 2.63. The first-order valence-electron chi connectivity index (χ1n) is 10.2. The molecule has 0 radical (unpaired) electrons. The van der Waals surface area contributed by atoms with E-state index in [1.54, 1.807) is 31.3 Å². The van der Waals surface area contributed by atoms with Crippen LogP contribution in [0.1, 0.15) is 51.7 Å². The molecule has 4 aromatic rings. The van der Waals surface area contributed by atoms with Gasteiger partial charge in [-0.05, 0) is 31.2 Å². The van der Waals surface area contributed by atoms with Gasteiger partial charge in [-0.15, -0.1) is 0 Å². The Morgan fingerprint density at radius 1 is 1.15 bits per heavy atom. The van der Waals surface area contributed by atoms with Gasteiger partial charge in [0.1, 0.15) is 23.7 Å². The number of rotatable bonds is 4. The summed E-state index contributed by atoms with van der Waals surface area (Å²) in [5.74, 6) is -2.77. The van der Waals surface area contributed by atoms with Gasteiger partial charge < -0.3 is 9.52 Å². The molecule has 0 amide bonds. The summed E-state index contributed by atoms with van der Waals surface area (Å²) in [6.45, 7) is 1.82. The maximum atomic E-state index is 14.7. The zero-order valence-electron chi connectivity index (χ0n) is 17.6. The fraction of sp³-hybridized carbons (Fsp3) is 0.125. The van der Waals surface area contributed by atoms with E-state index < -0.39 is 23.5 Å². The minimum Gasteiger partial charge on any atom is -0.476 e. The molecule has 3 heterocycles. The maximum Gasteiger partial charge on any atom is 0.357 e. The topological polar surface area (TPSA) is 101 Å². The summed E-state index contributed by atoms with van der Waals surface area (Å²) < 4.78 is 34.6. The zero-order chi connectivity index (χ0) is 24.0. The number of fused-ring (bicyclic) bond motifs is 3. The highest BCUT2D eigenvalue weighted by Gasteiger charge is 2.27. The first-order chi connectivity index (χ1) is 16.3. The number of carbonyl (C=O) groups is 1. The highest BCUT2D eigenvalue weighted by Crippen LogP contribution is 2.35. The number of oxazole rings is 1. The Morgan fingerprint density at radius 2 is 1.91 bits per heavy atom. The molecule has 0 spiro atoms. The normalized spacial score (nSPS) is 13.5. The lowest BCUT2D eigenvalue weighted by Gasteiger charge is -2.14. The van der Waals surface area contributed by atoms with Gasteiger partial charge in [0.2, 0.25) is 5.89 Å². The molecule has 0 saturated heterocycles. The molecule has 0 aliphatic carbocycles. The van der Waals surface area contributed by atoms with E-state index in [0.29, 0.717) is 33.2 Å². The fourth-order valence-corrected chi connectivity index (χ4v) is 3.95. The number of aromatic carboxylic acids is 1. The van der Waals surface area contributed by atoms with E-state index in [1.807, 2.05) is 0 Å². The van der Waals surface area contributed by atoms with Crippen molar-refractivity contribution in [3.63, 3.8) is 0 Å². The lowest BCUT2D eigenvalue weighted by atomic mass is 9.94. The molecule has 1 unspecified atom stereocenters. The van der Waals surface area contributed by atoms with Gasteiger partial charge in [0.15, 0.2) is 5.69 Å². The second-order valence-electron chi connectivity index (χ2n) is 7.65. The molecule has 1 N–H and O–H groups in total. The van der Waals surface area contributed by atoms with Crippen molar-refractivity contribution in [3.8, 4) is 11.3 Å². The van der Waals surface area contributed by atoms with E-state index in [-0.39, 0.29) is 29.4 Å². The van der Waals surface area contributed by atoms with Crippen LogP contribution < -0.4 is 0 Å². The summed E-state index contributed by atoms with van der Waals surface area (Å²) in [6, 6.07) is 8.59. The third-order valence-electron chi connectivity index (χ3n) is 5.48. The average molecular weight is 481 g/mol. The average Bonchev–Trinajstić information content (AvgIpc) is 3.26. The molecule has 10 heteroatoms. The van der Waals surface area contributed by atoms with Gasteiger partial charge in [0.25, 0.3) is 0 Å². The minimum atomic E-state index is -1.21. The number of carboxylic acids is 1. The van der Waals surface area contributed by atoms with Gasteiger partial charge in [-0.25, -0.2) is 28.5 Å². The van der Waals surface area contributed by atoms with Crippen LogP contribution in [0.15, 0.2) is 58.3 Å². The van der Waals surface area contributed by atoms with E-state index >= 15 is 0 Å². The molecule has 2 aromatic carbocycles. The van der Waals surface area contributed by atoms with Crippen LogP contribution in [-0.2, 0) is 6.54 Å². The quantitative estimate of drug-likeness (QED) is 0.427. The number of carboxylic acid groups (broad SMARTS) is 1. The van der Waals surface area contributed by atoms with Gasteiger partial charge in [-0.2, -0.15) is 0 Å². The van der Waals surface area contributed by atoms with Crippen molar-refractivity contribution in [1.82, 2.24) is 15.0 Å². The van der Waals surface area contributed by atoms with E-state index in [9.17, 15) is 13.6 Å². The van der Waals surface area contributed by atoms with Crippen LogP contribution in [0.3, 0.4) is 0 Å². The van der Waals surface area contributed by atoms with Crippen molar-refractivity contribution in [2.75, 3.05) is 0 Å². The van der Waals surface area contributed by atoms with Crippen LogP contribution in [0.2, 0.25) is 5.02 Å². The monoisotopic (exact) mass is 480 g/mol. The Balaban J connectivity index is 1.65. The van der Waals surface area contributed by atoms with Gasteiger partial charge in [-0.3, -0.25) is 4.99 Å². The minimum absolute atomic E-state index is 0.0849. The van der Waals surface area contributed by atoms with Gasteiger partial charge in [-0.1, -0.05) is 23.7 Å². The van der Waals surface area contributed by atoms with Crippen molar-refractivity contribution < 1.29 is 23.1 Å². The highest BCUT2D eigenvalue weighted by atomic mass is 35.5. The van der Waals surface area contributed by atoms with E-state index in [4.69, 9.17) is 21.1 Å². The number of hydrogen-bond acceptors (Lipinski definition) is 6. The standard InChI is InChI=1S/C24H15ClF2N4O3/c1-11(23-30-18(10-34-23)24(32)33)22-29-9-12-8-28-21(19-16(26)3-2-4-17(19)27)15-7-13(25)5-6-14(15)20(12)31-22/h2-7,9-11H,8H2,1H3,(H,32,33).